The number of benzene rings is 1. The number of hydrogen-bond acceptors (Lipinski definition) is 7. The Kier molecular flexibility index (Phi) is 5.32. The number of nitrogen functional groups attached to an aromatic ring is 1. The molecule has 1 saturated heterocycles. The van der Waals surface area contributed by atoms with E-state index in [4.69, 9.17) is 15.9 Å². The number of anilines is 2. The first kappa shape index (κ1) is 20.1. The minimum atomic E-state index is -0.107. The van der Waals surface area contributed by atoms with Crippen molar-refractivity contribution in [3.63, 3.8) is 0 Å². The van der Waals surface area contributed by atoms with Crippen LogP contribution in [0.4, 0.5) is 11.5 Å². The monoisotopic (exact) mass is 408 g/mol. The minimum Gasteiger partial charge on any atom is -0.488 e. The van der Waals surface area contributed by atoms with E-state index in [9.17, 15) is 4.79 Å². The van der Waals surface area contributed by atoms with E-state index in [2.05, 4.69) is 23.8 Å². The Morgan fingerprint density at radius 3 is 2.77 bits per heavy atom. The molecule has 0 unspecified atom stereocenters. The van der Waals surface area contributed by atoms with Gasteiger partial charge in [0, 0.05) is 37.0 Å². The Hall–Kier alpha value is -3.16. The van der Waals surface area contributed by atoms with Crippen LogP contribution in [0.3, 0.4) is 0 Å². The summed E-state index contributed by atoms with van der Waals surface area (Å²) < 4.78 is 6.02. The molecule has 3 N–H and O–H groups in total. The molecular weight excluding hydrogens is 380 g/mol. The lowest BCUT2D eigenvalue weighted by Gasteiger charge is -2.34. The Morgan fingerprint density at radius 1 is 1.27 bits per heavy atom. The van der Waals surface area contributed by atoms with Crippen molar-refractivity contribution >= 4 is 23.1 Å². The summed E-state index contributed by atoms with van der Waals surface area (Å²) in [6, 6.07) is 7.15. The molecule has 0 bridgehead atoms. The zero-order valence-corrected chi connectivity index (χ0v) is 17.5. The van der Waals surface area contributed by atoms with Gasteiger partial charge in [0.2, 0.25) is 5.91 Å². The molecule has 1 aromatic heterocycles. The van der Waals surface area contributed by atoms with Crippen molar-refractivity contribution in [2.75, 3.05) is 36.8 Å². The number of aromatic nitrogens is 2. The van der Waals surface area contributed by atoms with Crippen LogP contribution in [0.5, 0.6) is 5.75 Å². The number of nitrogens with two attached hydrogens (primary N) is 1. The van der Waals surface area contributed by atoms with Crippen LogP contribution in [0.1, 0.15) is 44.4 Å². The molecule has 2 heterocycles. The molecule has 0 radical (unpaired) electrons. The van der Waals surface area contributed by atoms with Crippen molar-refractivity contribution < 1.29 is 9.53 Å². The molecule has 4 rings (SSSR count). The summed E-state index contributed by atoms with van der Waals surface area (Å²) in [5, 5.41) is 8.67. The van der Waals surface area contributed by atoms with Crippen LogP contribution in [-0.2, 0) is 4.79 Å². The summed E-state index contributed by atoms with van der Waals surface area (Å²) in [6.45, 7) is 6.59. The van der Waals surface area contributed by atoms with Gasteiger partial charge in [-0.3, -0.25) is 10.2 Å². The molecule has 1 amide bonds. The molecule has 158 valence electrons. The van der Waals surface area contributed by atoms with Gasteiger partial charge in [0.05, 0.1) is 18.0 Å². The number of amides is 1. The maximum atomic E-state index is 12.4. The van der Waals surface area contributed by atoms with E-state index in [1.807, 2.05) is 15.9 Å². The number of ether oxygens (including phenoxy) is 1. The van der Waals surface area contributed by atoms with Crippen LogP contribution in [0.25, 0.3) is 0 Å². The van der Waals surface area contributed by atoms with E-state index in [-0.39, 0.29) is 23.8 Å². The van der Waals surface area contributed by atoms with Crippen molar-refractivity contribution in [1.29, 1.82) is 5.41 Å². The average Bonchev–Trinajstić information content (AvgIpc) is 3.47. The second kappa shape index (κ2) is 7.93. The van der Waals surface area contributed by atoms with Crippen molar-refractivity contribution in [1.82, 2.24) is 14.9 Å². The number of nitrogens with zero attached hydrogens (tertiary/aromatic N) is 4. The summed E-state index contributed by atoms with van der Waals surface area (Å²) >= 11 is 0. The van der Waals surface area contributed by atoms with Gasteiger partial charge in [-0.05, 0) is 44.4 Å². The molecule has 1 aliphatic carbocycles. The Morgan fingerprint density at radius 2 is 2.07 bits per heavy atom. The number of carbonyl (C=O) groups is 1. The highest BCUT2D eigenvalue weighted by Crippen LogP contribution is 2.40. The van der Waals surface area contributed by atoms with Crippen molar-refractivity contribution in [2.45, 2.75) is 38.7 Å². The van der Waals surface area contributed by atoms with E-state index in [1.165, 1.54) is 6.33 Å². The Labute approximate surface area is 176 Å². The first-order chi connectivity index (χ1) is 14.4. The van der Waals surface area contributed by atoms with Crippen LogP contribution in [0.2, 0.25) is 0 Å². The third kappa shape index (κ3) is 4.22. The minimum absolute atomic E-state index is 0.0982. The van der Waals surface area contributed by atoms with Gasteiger partial charge in [-0.1, -0.05) is 6.92 Å². The van der Waals surface area contributed by atoms with E-state index >= 15 is 0 Å². The first-order valence-electron chi connectivity index (χ1n) is 10.4. The van der Waals surface area contributed by atoms with Gasteiger partial charge in [0.1, 0.15) is 23.5 Å². The predicted molar refractivity (Wildman–Crippen MR) is 116 cm³/mol. The van der Waals surface area contributed by atoms with Gasteiger partial charge >= 0.3 is 0 Å². The normalized spacial score (nSPS) is 17.7. The Balaban J connectivity index is 1.53. The molecule has 2 aromatic rings. The molecule has 1 saturated carbocycles. The van der Waals surface area contributed by atoms with Gasteiger partial charge in [-0.15, -0.1) is 0 Å². The lowest BCUT2D eigenvalue weighted by atomic mass is 10.0. The molecule has 30 heavy (non-hydrogen) atoms. The Bertz CT molecular complexity index is 972. The zero-order chi connectivity index (χ0) is 21.3. The number of piperazine rings is 1. The van der Waals surface area contributed by atoms with Gasteiger partial charge in [-0.2, -0.15) is 0 Å². The molecule has 2 fully saturated rings. The SMILES string of the molecule is CCCN1CCN(c2cc(C(=N)c3cc(OC4(C)CC4)ccc3N)ncn2)CC1=O. The average molecular weight is 409 g/mol. The summed E-state index contributed by atoms with van der Waals surface area (Å²) in [5.41, 5.74) is 7.78. The highest BCUT2D eigenvalue weighted by molar-refractivity contribution is 6.13. The number of carbonyl (C=O) groups excluding carboxylic acids is 1. The molecule has 0 spiro atoms. The number of rotatable bonds is 7. The van der Waals surface area contributed by atoms with Crippen LogP contribution < -0.4 is 15.4 Å². The number of nitrogens with one attached hydrogen (secondary N) is 1. The van der Waals surface area contributed by atoms with Crippen molar-refractivity contribution in [3.05, 3.63) is 41.9 Å². The lowest BCUT2D eigenvalue weighted by Crippen LogP contribution is -2.50. The van der Waals surface area contributed by atoms with Crippen LogP contribution in [-0.4, -0.2) is 58.3 Å². The van der Waals surface area contributed by atoms with E-state index < -0.39 is 0 Å². The van der Waals surface area contributed by atoms with E-state index in [1.54, 1.807) is 18.2 Å². The molecule has 8 nitrogen and oxygen atoms in total. The van der Waals surface area contributed by atoms with Gasteiger partial charge in [0.15, 0.2) is 0 Å². The predicted octanol–water partition coefficient (Wildman–Crippen LogP) is 2.46. The smallest absolute Gasteiger partial charge is 0.242 e. The molecule has 0 atom stereocenters. The third-order valence-electron chi connectivity index (χ3n) is 5.66. The zero-order valence-electron chi connectivity index (χ0n) is 17.5. The number of hydrogen-bond donors (Lipinski definition) is 2. The van der Waals surface area contributed by atoms with Crippen LogP contribution >= 0.6 is 0 Å². The third-order valence-corrected chi connectivity index (χ3v) is 5.66. The fourth-order valence-corrected chi connectivity index (χ4v) is 3.58. The fraction of sp³-hybridized carbons (Fsp3) is 0.455. The molecule has 8 heteroatoms. The summed E-state index contributed by atoms with van der Waals surface area (Å²) in [7, 11) is 0. The molecule has 1 aliphatic heterocycles. The summed E-state index contributed by atoms with van der Waals surface area (Å²) in [4.78, 5) is 24.8. The highest BCUT2D eigenvalue weighted by Gasteiger charge is 2.40. The molecular formula is C22H28N6O2. The molecule has 2 aliphatic rings. The van der Waals surface area contributed by atoms with Crippen molar-refractivity contribution in [2.24, 2.45) is 0 Å². The summed E-state index contributed by atoms with van der Waals surface area (Å²) in [6.07, 6.45) is 4.45. The highest BCUT2D eigenvalue weighted by atomic mass is 16.5. The molecule has 1 aromatic carbocycles. The standard InChI is InChI=1S/C22H28N6O2/c1-3-8-27-9-10-28(13-20(27)29)19-12-18(25-14-26-19)21(24)16-11-15(4-5-17(16)23)30-22(2)6-7-22/h4-5,11-12,14,24H,3,6-10,13,23H2,1-2H3. The lowest BCUT2D eigenvalue weighted by molar-refractivity contribution is -0.131. The largest absolute Gasteiger partial charge is 0.488 e. The maximum absolute atomic E-state index is 12.4. The van der Waals surface area contributed by atoms with E-state index in [0.29, 0.717) is 41.6 Å². The van der Waals surface area contributed by atoms with Crippen molar-refractivity contribution in [3.8, 4) is 5.75 Å². The van der Waals surface area contributed by atoms with Gasteiger partial charge < -0.3 is 20.3 Å². The second-order valence-corrected chi connectivity index (χ2v) is 8.24. The quantitative estimate of drug-likeness (QED) is 0.538. The maximum Gasteiger partial charge on any atom is 0.242 e. The topological polar surface area (TPSA) is 108 Å². The fourth-order valence-electron chi connectivity index (χ4n) is 3.58. The van der Waals surface area contributed by atoms with Crippen LogP contribution in [0.15, 0.2) is 30.6 Å². The summed E-state index contributed by atoms with van der Waals surface area (Å²) in [5.74, 6) is 1.45. The van der Waals surface area contributed by atoms with Crippen LogP contribution in [0, 0.1) is 5.41 Å². The van der Waals surface area contributed by atoms with Gasteiger partial charge in [-0.25, -0.2) is 9.97 Å². The van der Waals surface area contributed by atoms with Gasteiger partial charge in [0.25, 0.3) is 0 Å². The van der Waals surface area contributed by atoms with E-state index in [0.717, 1.165) is 25.8 Å². The first-order valence-corrected chi connectivity index (χ1v) is 10.4. The second-order valence-electron chi connectivity index (χ2n) is 8.24.